The molecule has 0 rings (SSSR count). The molecule has 1 radical (unpaired) electrons. The first-order valence-corrected chi connectivity index (χ1v) is 0. The maximum Gasteiger partial charge on any atom is 2.00 e. The molecular weight excluding hydrogens is 191 g/mol. The third-order valence-corrected chi connectivity index (χ3v) is 0. The maximum atomic E-state index is 0. The summed E-state index contributed by atoms with van der Waals surface area (Å²) in [5.41, 5.74) is 0. The average Bonchev–Trinajstić information content (AvgIpc) is 0. The molecule has 4 nitrogen and oxygen atoms in total. The van der Waals surface area contributed by atoms with Crippen LogP contribution in [0.15, 0.2) is 0 Å². The SMILES string of the molecule is [Mg+2].[Mn+2].[OH-].[OH-].[OH-].[OH-].[Ti]. The summed E-state index contributed by atoms with van der Waals surface area (Å²) in [4.78, 5) is 0. The summed E-state index contributed by atoms with van der Waals surface area (Å²) in [5, 5.41) is 0. The van der Waals surface area contributed by atoms with Gasteiger partial charge < -0.3 is 21.9 Å². The van der Waals surface area contributed by atoms with Crippen LogP contribution in [0.1, 0.15) is 0 Å². The minimum atomic E-state index is 0. The first kappa shape index (κ1) is 160. The Morgan fingerprint density at radius 3 is 0.571 bits per heavy atom. The molecule has 0 aromatic carbocycles. The summed E-state index contributed by atoms with van der Waals surface area (Å²) < 4.78 is 0. The Morgan fingerprint density at radius 2 is 0.571 bits per heavy atom. The summed E-state index contributed by atoms with van der Waals surface area (Å²) in [7, 11) is 0. The zero-order valence-corrected chi connectivity index (χ0v) is 7.53. The van der Waals surface area contributed by atoms with Crippen LogP contribution < -0.4 is 0 Å². The van der Waals surface area contributed by atoms with Gasteiger partial charge in [-0.25, -0.2) is 0 Å². The molecule has 0 aliphatic rings. The quantitative estimate of drug-likeness (QED) is 0.455. The molecule has 7 heavy (non-hydrogen) atoms. The van der Waals surface area contributed by atoms with E-state index in [1.54, 1.807) is 0 Å². The Labute approximate surface area is 83.2 Å². The van der Waals surface area contributed by atoms with E-state index in [-0.39, 0.29) is 83.7 Å². The predicted molar refractivity (Wildman–Crippen MR) is 13.5 cm³/mol. The van der Waals surface area contributed by atoms with Crippen LogP contribution in [-0.4, -0.2) is 45.0 Å². The molecule has 0 unspecified atom stereocenters. The van der Waals surface area contributed by atoms with Crippen molar-refractivity contribution < 1.29 is 60.7 Å². The first-order chi connectivity index (χ1) is 0. The van der Waals surface area contributed by atoms with Crippen LogP contribution in [0.5, 0.6) is 0 Å². The maximum absolute atomic E-state index is 0. The molecule has 0 aromatic heterocycles. The summed E-state index contributed by atoms with van der Waals surface area (Å²) in [6.45, 7) is 0. The second kappa shape index (κ2) is 108. The minimum Gasteiger partial charge on any atom is -0.870 e. The Hall–Kier alpha value is 1.84. The Balaban J connectivity index is 0. The van der Waals surface area contributed by atoms with Gasteiger partial charge in [-0.1, -0.05) is 0 Å². The fraction of sp³-hybridized carbons (Fsp3) is 0. The van der Waals surface area contributed by atoms with Crippen molar-refractivity contribution in [1.82, 2.24) is 0 Å². The van der Waals surface area contributed by atoms with Crippen molar-refractivity contribution in [3.63, 3.8) is 0 Å². The normalized spacial score (nSPS) is 0. The van der Waals surface area contributed by atoms with Gasteiger partial charge in [0.2, 0.25) is 0 Å². The molecule has 0 aliphatic heterocycles. The van der Waals surface area contributed by atoms with Crippen molar-refractivity contribution in [2.24, 2.45) is 0 Å². The van der Waals surface area contributed by atoms with Crippen LogP contribution in [0.25, 0.3) is 0 Å². The van der Waals surface area contributed by atoms with Gasteiger partial charge in [-0.3, -0.25) is 0 Å². The molecule has 41 valence electrons. The topological polar surface area (TPSA) is 120 Å². The summed E-state index contributed by atoms with van der Waals surface area (Å²) in [6.07, 6.45) is 0. The predicted octanol–water partition coefficient (Wildman–Crippen LogP) is -1.09. The Morgan fingerprint density at radius 1 is 0.571 bits per heavy atom. The van der Waals surface area contributed by atoms with Gasteiger partial charge in [0.15, 0.2) is 0 Å². The summed E-state index contributed by atoms with van der Waals surface area (Å²) in [5.74, 6) is 0. The van der Waals surface area contributed by atoms with Crippen molar-refractivity contribution in [2.45, 2.75) is 0 Å². The molecule has 0 fully saturated rings. The van der Waals surface area contributed by atoms with E-state index >= 15 is 0 Å². The zero-order chi connectivity index (χ0) is 0. The fourth-order valence-corrected chi connectivity index (χ4v) is 0. The van der Waals surface area contributed by atoms with Crippen molar-refractivity contribution in [1.29, 1.82) is 0 Å². The monoisotopic (exact) mass is 195 g/mol. The first-order valence-electron chi connectivity index (χ1n) is 0. The van der Waals surface area contributed by atoms with E-state index in [0.717, 1.165) is 0 Å². The second-order valence-electron chi connectivity index (χ2n) is 0. The molecule has 0 atom stereocenters. The van der Waals surface area contributed by atoms with E-state index in [0.29, 0.717) is 0 Å². The third-order valence-electron chi connectivity index (χ3n) is 0. The van der Waals surface area contributed by atoms with Crippen LogP contribution in [-0.2, 0) is 38.8 Å². The Bertz CT molecular complexity index is 11.7. The van der Waals surface area contributed by atoms with Crippen molar-refractivity contribution in [2.75, 3.05) is 0 Å². The van der Waals surface area contributed by atoms with E-state index in [1.165, 1.54) is 0 Å². The average molecular weight is 195 g/mol. The second-order valence-corrected chi connectivity index (χ2v) is 0. The van der Waals surface area contributed by atoms with Gasteiger partial charge in [-0.15, -0.1) is 0 Å². The molecule has 0 heterocycles. The fourth-order valence-electron chi connectivity index (χ4n) is 0. The summed E-state index contributed by atoms with van der Waals surface area (Å²) >= 11 is 0. The largest absolute Gasteiger partial charge is 2.00 e. The molecule has 4 N–H and O–H groups in total. The number of hydrogen-bond donors (Lipinski definition) is 0. The van der Waals surface area contributed by atoms with E-state index in [9.17, 15) is 0 Å². The molecule has 0 spiro atoms. The molecule has 7 heteroatoms. The van der Waals surface area contributed by atoms with E-state index < -0.39 is 0 Å². The zero-order valence-electron chi connectivity index (χ0n) is 3.37. The minimum absolute atomic E-state index is 0. The Kier molecular flexibility index (Phi) is 2480. The number of rotatable bonds is 0. The van der Waals surface area contributed by atoms with Gasteiger partial charge >= 0.3 is 40.1 Å². The van der Waals surface area contributed by atoms with Crippen molar-refractivity contribution >= 4 is 23.1 Å². The van der Waals surface area contributed by atoms with Gasteiger partial charge in [-0.05, 0) is 0 Å². The van der Waals surface area contributed by atoms with E-state index in [1.807, 2.05) is 0 Å². The van der Waals surface area contributed by atoms with Crippen molar-refractivity contribution in [3.8, 4) is 0 Å². The van der Waals surface area contributed by atoms with Crippen LogP contribution in [0.3, 0.4) is 0 Å². The smallest absolute Gasteiger partial charge is 0.870 e. The molecule has 0 aromatic rings. The van der Waals surface area contributed by atoms with Crippen molar-refractivity contribution in [3.05, 3.63) is 0 Å². The van der Waals surface area contributed by atoms with Gasteiger partial charge in [-0.2, -0.15) is 0 Å². The van der Waals surface area contributed by atoms with Crippen LogP contribution in [0.4, 0.5) is 0 Å². The molecule has 0 bridgehead atoms. The molecule has 0 amide bonds. The molecule has 0 aliphatic carbocycles. The molecular formula is H4MgMnO4Ti. The van der Waals surface area contributed by atoms with Gasteiger partial charge in [0.05, 0.1) is 0 Å². The molecule has 0 saturated carbocycles. The van der Waals surface area contributed by atoms with Gasteiger partial charge in [0.25, 0.3) is 0 Å². The summed E-state index contributed by atoms with van der Waals surface area (Å²) in [6, 6.07) is 0. The van der Waals surface area contributed by atoms with E-state index in [4.69, 9.17) is 0 Å². The van der Waals surface area contributed by atoms with E-state index in [2.05, 4.69) is 0 Å². The van der Waals surface area contributed by atoms with Crippen LogP contribution in [0.2, 0.25) is 0 Å². The number of hydrogen-bond acceptors (Lipinski definition) is 4. The van der Waals surface area contributed by atoms with Crippen LogP contribution >= 0.6 is 0 Å². The third kappa shape index (κ3) is 79.0. The van der Waals surface area contributed by atoms with Gasteiger partial charge in [0.1, 0.15) is 0 Å². The van der Waals surface area contributed by atoms with Crippen LogP contribution in [0, 0.1) is 0 Å². The molecule has 0 saturated heterocycles. The standard InChI is InChI=1S/Mg.Mn.4H2O.Ti/h;;4*1H2;/q2*+2;;;;;/p-4. The van der Waals surface area contributed by atoms with Gasteiger partial charge in [0, 0.05) is 21.7 Å².